The van der Waals surface area contributed by atoms with Gasteiger partial charge in [0.25, 0.3) is 0 Å². The molecule has 0 saturated carbocycles. The van der Waals surface area contributed by atoms with Crippen LogP contribution in [0.25, 0.3) is 0 Å². The highest BCUT2D eigenvalue weighted by molar-refractivity contribution is 7.89. The summed E-state index contributed by atoms with van der Waals surface area (Å²) >= 11 is 0. The van der Waals surface area contributed by atoms with Crippen LogP contribution < -0.4 is 0 Å². The maximum Gasteiger partial charge on any atom is 0.342 e. The van der Waals surface area contributed by atoms with Crippen LogP contribution in [0.1, 0.15) is 21.5 Å². The number of esters is 1. The molecule has 0 heterocycles. The topological polar surface area (TPSA) is 83.9 Å². The Hall–Kier alpha value is -2.38. The zero-order valence-electron chi connectivity index (χ0n) is 13.7. The molecular weight excluding hydrogens is 330 g/mol. The van der Waals surface area contributed by atoms with Gasteiger partial charge in [-0.1, -0.05) is 24.3 Å². The molecule has 2 aromatic rings. The number of hydrogen-bond donors (Lipinski definition) is 1. The molecule has 0 aliphatic rings. The standard InChI is InChI=1S/C17H19NO5S/c1-12-6-4-9-15(16(12)19)17(20)23-11-13-7-5-8-14(10-13)24(21,22)18(2)3/h4-10,19H,11H2,1-3H3. The second kappa shape index (κ2) is 7.02. The second-order valence-corrected chi connectivity index (χ2v) is 7.63. The normalized spacial score (nSPS) is 11.5. The quantitative estimate of drug-likeness (QED) is 0.838. The summed E-state index contributed by atoms with van der Waals surface area (Å²) in [5.41, 5.74) is 1.19. The lowest BCUT2D eigenvalue weighted by Crippen LogP contribution is -2.22. The number of phenols is 1. The van der Waals surface area contributed by atoms with Crippen molar-refractivity contribution in [3.8, 4) is 5.75 Å². The monoisotopic (exact) mass is 349 g/mol. The van der Waals surface area contributed by atoms with Crippen LogP contribution >= 0.6 is 0 Å². The number of para-hydroxylation sites is 1. The van der Waals surface area contributed by atoms with Crippen LogP contribution in [-0.2, 0) is 21.4 Å². The van der Waals surface area contributed by atoms with E-state index < -0.39 is 16.0 Å². The SMILES string of the molecule is Cc1cccc(C(=O)OCc2cccc(S(=O)(=O)N(C)C)c2)c1O. The van der Waals surface area contributed by atoms with Crippen molar-refractivity contribution in [2.45, 2.75) is 18.4 Å². The Balaban J connectivity index is 2.16. The number of sulfonamides is 1. The smallest absolute Gasteiger partial charge is 0.342 e. The van der Waals surface area contributed by atoms with E-state index >= 15 is 0 Å². The molecule has 2 rings (SSSR count). The van der Waals surface area contributed by atoms with E-state index in [0.29, 0.717) is 11.1 Å². The molecule has 0 saturated heterocycles. The highest BCUT2D eigenvalue weighted by Crippen LogP contribution is 2.23. The maximum absolute atomic E-state index is 12.1. The Morgan fingerprint density at radius 2 is 1.83 bits per heavy atom. The molecule has 2 aromatic carbocycles. The minimum Gasteiger partial charge on any atom is -0.507 e. The number of phenolic OH excluding ortho intramolecular Hbond substituents is 1. The molecule has 0 fully saturated rings. The number of rotatable bonds is 5. The molecule has 7 heteroatoms. The third-order valence-corrected chi connectivity index (χ3v) is 5.32. The van der Waals surface area contributed by atoms with Crippen molar-refractivity contribution in [1.82, 2.24) is 4.31 Å². The number of aromatic hydroxyl groups is 1. The van der Waals surface area contributed by atoms with Crippen molar-refractivity contribution in [2.24, 2.45) is 0 Å². The predicted molar refractivity (Wildman–Crippen MR) is 89.3 cm³/mol. The number of carbonyl (C=O) groups excluding carboxylic acids is 1. The number of ether oxygens (including phenoxy) is 1. The zero-order valence-corrected chi connectivity index (χ0v) is 14.5. The molecule has 128 valence electrons. The first-order valence-corrected chi connectivity index (χ1v) is 8.64. The highest BCUT2D eigenvalue weighted by atomic mass is 32.2. The average Bonchev–Trinajstić information content (AvgIpc) is 2.55. The Morgan fingerprint density at radius 1 is 1.17 bits per heavy atom. The summed E-state index contributed by atoms with van der Waals surface area (Å²) in [5, 5.41) is 9.89. The summed E-state index contributed by atoms with van der Waals surface area (Å²) in [7, 11) is -0.656. The Bertz CT molecular complexity index is 859. The molecule has 0 atom stereocenters. The maximum atomic E-state index is 12.1. The first-order valence-electron chi connectivity index (χ1n) is 7.20. The Morgan fingerprint density at radius 3 is 2.50 bits per heavy atom. The second-order valence-electron chi connectivity index (χ2n) is 5.48. The summed E-state index contributed by atoms with van der Waals surface area (Å²) in [6.07, 6.45) is 0. The van der Waals surface area contributed by atoms with Crippen LogP contribution in [0.2, 0.25) is 0 Å². The van der Waals surface area contributed by atoms with Crippen LogP contribution in [0.4, 0.5) is 0 Å². The van der Waals surface area contributed by atoms with Gasteiger partial charge >= 0.3 is 5.97 Å². The van der Waals surface area contributed by atoms with Crippen LogP contribution in [0.3, 0.4) is 0 Å². The number of hydrogen-bond acceptors (Lipinski definition) is 5. The van der Waals surface area contributed by atoms with Gasteiger partial charge in [0, 0.05) is 14.1 Å². The first kappa shape index (κ1) is 18.0. The third-order valence-electron chi connectivity index (χ3n) is 3.50. The minimum atomic E-state index is -3.55. The number of nitrogens with zero attached hydrogens (tertiary/aromatic N) is 1. The fourth-order valence-electron chi connectivity index (χ4n) is 2.06. The van der Waals surface area contributed by atoms with Crippen LogP contribution in [0, 0.1) is 6.92 Å². The van der Waals surface area contributed by atoms with Gasteiger partial charge in [-0.05, 0) is 36.2 Å². The molecule has 0 aromatic heterocycles. The molecule has 0 unspecified atom stereocenters. The lowest BCUT2D eigenvalue weighted by Gasteiger charge is -2.12. The third kappa shape index (κ3) is 3.74. The number of carbonyl (C=O) groups is 1. The summed E-state index contributed by atoms with van der Waals surface area (Å²) < 4.78 is 30.5. The van der Waals surface area contributed by atoms with E-state index in [2.05, 4.69) is 0 Å². The van der Waals surface area contributed by atoms with Crippen LogP contribution in [-0.4, -0.2) is 37.9 Å². The molecule has 6 nitrogen and oxygen atoms in total. The van der Waals surface area contributed by atoms with Gasteiger partial charge in [0.2, 0.25) is 10.0 Å². The van der Waals surface area contributed by atoms with E-state index in [-0.39, 0.29) is 22.8 Å². The fraction of sp³-hybridized carbons (Fsp3) is 0.235. The lowest BCUT2D eigenvalue weighted by atomic mass is 10.1. The molecule has 0 bridgehead atoms. The minimum absolute atomic E-state index is 0.0760. The molecular formula is C17H19NO5S. The van der Waals surface area contributed by atoms with Crippen molar-refractivity contribution < 1.29 is 23.1 Å². The number of benzene rings is 2. The largest absolute Gasteiger partial charge is 0.507 e. The summed E-state index contributed by atoms with van der Waals surface area (Å²) in [6.45, 7) is 1.59. The summed E-state index contributed by atoms with van der Waals surface area (Å²) in [6, 6.07) is 11.0. The van der Waals surface area contributed by atoms with Crippen molar-refractivity contribution in [3.05, 3.63) is 59.2 Å². The molecule has 0 aliphatic heterocycles. The Labute approximate surface area is 141 Å². The van der Waals surface area contributed by atoms with Gasteiger partial charge in [-0.2, -0.15) is 0 Å². The molecule has 0 spiro atoms. The van der Waals surface area contributed by atoms with E-state index in [1.54, 1.807) is 31.2 Å². The zero-order chi connectivity index (χ0) is 17.9. The van der Waals surface area contributed by atoms with E-state index in [1.165, 1.54) is 32.3 Å². The van der Waals surface area contributed by atoms with E-state index in [4.69, 9.17) is 4.74 Å². The Kier molecular flexibility index (Phi) is 5.26. The van der Waals surface area contributed by atoms with Crippen molar-refractivity contribution in [3.63, 3.8) is 0 Å². The number of aryl methyl sites for hydroxylation is 1. The molecule has 24 heavy (non-hydrogen) atoms. The van der Waals surface area contributed by atoms with Crippen molar-refractivity contribution in [2.75, 3.05) is 14.1 Å². The van der Waals surface area contributed by atoms with E-state index in [1.807, 2.05) is 0 Å². The van der Waals surface area contributed by atoms with Crippen molar-refractivity contribution in [1.29, 1.82) is 0 Å². The molecule has 1 N–H and O–H groups in total. The van der Waals surface area contributed by atoms with Crippen molar-refractivity contribution >= 4 is 16.0 Å². The van der Waals surface area contributed by atoms with Gasteiger partial charge in [0.15, 0.2) is 0 Å². The fourth-order valence-corrected chi connectivity index (χ4v) is 3.03. The first-order chi connectivity index (χ1) is 11.2. The van der Waals surface area contributed by atoms with E-state index in [0.717, 1.165) is 4.31 Å². The van der Waals surface area contributed by atoms with Gasteiger partial charge in [-0.3, -0.25) is 0 Å². The lowest BCUT2D eigenvalue weighted by molar-refractivity contribution is 0.0469. The van der Waals surface area contributed by atoms with Gasteiger partial charge in [0.05, 0.1) is 4.90 Å². The molecule has 0 aliphatic carbocycles. The van der Waals surface area contributed by atoms with Crippen LogP contribution in [0.15, 0.2) is 47.4 Å². The predicted octanol–water partition coefficient (Wildman–Crippen LogP) is 2.31. The summed E-state index contributed by atoms with van der Waals surface area (Å²) in [5.74, 6) is -0.788. The molecule has 0 radical (unpaired) electrons. The van der Waals surface area contributed by atoms with Gasteiger partial charge in [-0.15, -0.1) is 0 Å². The van der Waals surface area contributed by atoms with Crippen LogP contribution in [0.5, 0.6) is 5.75 Å². The summed E-state index contributed by atoms with van der Waals surface area (Å²) in [4.78, 5) is 12.2. The van der Waals surface area contributed by atoms with Gasteiger partial charge < -0.3 is 9.84 Å². The average molecular weight is 349 g/mol. The highest BCUT2D eigenvalue weighted by Gasteiger charge is 2.18. The molecule has 0 amide bonds. The van der Waals surface area contributed by atoms with Gasteiger partial charge in [0.1, 0.15) is 17.9 Å². The van der Waals surface area contributed by atoms with Gasteiger partial charge in [-0.25, -0.2) is 17.5 Å². The van der Waals surface area contributed by atoms with E-state index in [9.17, 15) is 18.3 Å².